The van der Waals surface area contributed by atoms with Crippen molar-refractivity contribution in [3.8, 4) is 0 Å². The molecule has 176 valence electrons. The van der Waals surface area contributed by atoms with Crippen molar-refractivity contribution >= 4 is 35.5 Å². The first-order valence-corrected chi connectivity index (χ1v) is 12.6. The highest BCUT2D eigenvalue weighted by atomic mass is 32.2. The number of carbonyl (C=O) groups excluding carboxylic acids is 3. The van der Waals surface area contributed by atoms with Gasteiger partial charge in [0.1, 0.15) is 18.1 Å². The molecular formula is C21H36N4O5S. The van der Waals surface area contributed by atoms with Gasteiger partial charge in [0.25, 0.3) is 0 Å². The summed E-state index contributed by atoms with van der Waals surface area (Å²) in [6, 6.07) is -2.68. The summed E-state index contributed by atoms with van der Waals surface area (Å²) in [6.45, 7) is 4.86. The number of hydrogen-bond acceptors (Lipinski definition) is 6. The van der Waals surface area contributed by atoms with Gasteiger partial charge in [-0.15, -0.1) is 0 Å². The van der Waals surface area contributed by atoms with Crippen LogP contribution in [0.3, 0.4) is 0 Å². The predicted molar refractivity (Wildman–Crippen MR) is 120 cm³/mol. The van der Waals surface area contributed by atoms with Gasteiger partial charge in [0.05, 0.1) is 6.04 Å². The lowest BCUT2D eigenvalue weighted by molar-refractivity contribution is -0.146. The Kier molecular flexibility index (Phi) is 10.1. The third-order valence-electron chi connectivity index (χ3n) is 6.22. The van der Waals surface area contributed by atoms with Crippen LogP contribution in [-0.4, -0.2) is 83.0 Å². The van der Waals surface area contributed by atoms with Crippen LogP contribution in [-0.2, 0) is 19.2 Å². The number of thioether (sulfide) groups is 1. The molecule has 0 saturated carbocycles. The molecule has 0 aromatic carbocycles. The van der Waals surface area contributed by atoms with Gasteiger partial charge in [-0.1, -0.05) is 20.3 Å². The Morgan fingerprint density at radius 3 is 2.48 bits per heavy atom. The highest BCUT2D eigenvalue weighted by molar-refractivity contribution is 7.98. The number of nitrogens with zero attached hydrogens (tertiary/aromatic N) is 1. The fourth-order valence-electron chi connectivity index (χ4n) is 4.11. The number of rotatable bonds is 11. The van der Waals surface area contributed by atoms with Crippen molar-refractivity contribution in [2.45, 2.75) is 76.5 Å². The summed E-state index contributed by atoms with van der Waals surface area (Å²) in [5.41, 5.74) is 0. The lowest BCUT2D eigenvalue weighted by Gasteiger charge is -2.30. The van der Waals surface area contributed by atoms with Crippen molar-refractivity contribution in [2.24, 2.45) is 5.92 Å². The molecule has 0 bridgehead atoms. The second-order valence-electron chi connectivity index (χ2n) is 8.39. The molecule has 31 heavy (non-hydrogen) atoms. The van der Waals surface area contributed by atoms with Crippen LogP contribution in [0.25, 0.3) is 0 Å². The molecule has 9 nitrogen and oxygen atoms in total. The van der Waals surface area contributed by atoms with Gasteiger partial charge < -0.3 is 26.0 Å². The van der Waals surface area contributed by atoms with E-state index in [4.69, 9.17) is 0 Å². The average molecular weight is 457 g/mol. The number of likely N-dealkylation sites (tertiary alicyclic amines) is 1. The molecular weight excluding hydrogens is 420 g/mol. The van der Waals surface area contributed by atoms with E-state index in [0.29, 0.717) is 38.0 Å². The Bertz CT molecular complexity index is 656. The first-order valence-electron chi connectivity index (χ1n) is 11.2. The quantitative estimate of drug-likeness (QED) is 0.358. The zero-order valence-corrected chi connectivity index (χ0v) is 19.5. The largest absolute Gasteiger partial charge is 0.480 e. The maximum Gasteiger partial charge on any atom is 0.326 e. The summed E-state index contributed by atoms with van der Waals surface area (Å²) in [5, 5.41) is 18.1. The smallest absolute Gasteiger partial charge is 0.326 e. The monoisotopic (exact) mass is 456 g/mol. The summed E-state index contributed by atoms with van der Waals surface area (Å²) in [4.78, 5) is 51.9. The van der Waals surface area contributed by atoms with Crippen molar-refractivity contribution in [3.63, 3.8) is 0 Å². The van der Waals surface area contributed by atoms with E-state index in [-0.39, 0.29) is 23.8 Å². The number of amides is 3. The molecule has 5 atom stereocenters. The van der Waals surface area contributed by atoms with E-state index in [2.05, 4.69) is 16.0 Å². The Labute approximate surface area is 188 Å². The van der Waals surface area contributed by atoms with Crippen LogP contribution in [0.15, 0.2) is 0 Å². The molecule has 3 amide bonds. The Morgan fingerprint density at radius 2 is 1.90 bits per heavy atom. The number of carbonyl (C=O) groups is 4. The molecule has 0 aliphatic carbocycles. The average Bonchev–Trinajstić information content (AvgIpc) is 3.45. The summed E-state index contributed by atoms with van der Waals surface area (Å²) in [6.07, 6.45) is 5.86. The molecule has 10 heteroatoms. The van der Waals surface area contributed by atoms with Crippen LogP contribution in [0.2, 0.25) is 0 Å². The number of hydrogen-bond donors (Lipinski definition) is 4. The standard InChI is InChI=1S/C21H36N4O5S/c1-4-13(2)17(21(29)30)24-19(27)16-8-6-11-25(16)20(28)15(9-12-31-3)23-18(26)14-7-5-10-22-14/h13-17,22H,4-12H2,1-3H3,(H,23,26)(H,24,27)(H,29,30). The molecule has 2 aliphatic heterocycles. The van der Waals surface area contributed by atoms with E-state index in [1.54, 1.807) is 18.7 Å². The second-order valence-corrected chi connectivity index (χ2v) is 9.38. The topological polar surface area (TPSA) is 128 Å². The predicted octanol–water partition coefficient (Wildman–Crippen LogP) is 0.583. The van der Waals surface area contributed by atoms with Crippen LogP contribution in [0.1, 0.15) is 52.4 Å². The lowest BCUT2D eigenvalue weighted by Crippen LogP contribution is -2.57. The highest BCUT2D eigenvalue weighted by Crippen LogP contribution is 2.21. The molecule has 4 N–H and O–H groups in total. The van der Waals surface area contributed by atoms with Crippen LogP contribution in [0.5, 0.6) is 0 Å². The summed E-state index contributed by atoms with van der Waals surface area (Å²) in [5.74, 6) is -1.49. The molecule has 0 aromatic rings. The van der Waals surface area contributed by atoms with Gasteiger partial charge in [-0.05, 0) is 56.6 Å². The zero-order valence-electron chi connectivity index (χ0n) is 18.7. The molecule has 0 aromatic heterocycles. The van der Waals surface area contributed by atoms with E-state index < -0.39 is 30.0 Å². The molecule has 2 fully saturated rings. The van der Waals surface area contributed by atoms with E-state index in [0.717, 1.165) is 19.4 Å². The van der Waals surface area contributed by atoms with Gasteiger partial charge in [0, 0.05) is 6.54 Å². The van der Waals surface area contributed by atoms with E-state index in [9.17, 15) is 24.3 Å². The van der Waals surface area contributed by atoms with Crippen LogP contribution in [0, 0.1) is 5.92 Å². The van der Waals surface area contributed by atoms with Crippen LogP contribution < -0.4 is 16.0 Å². The molecule has 2 aliphatic rings. The summed E-state index contributed by atoms with van der Waals surface area (Å²) in [7, 11) is 0. The van der Waals surface area contributed by atoms with Gasteiger partial charge in [-0.3, -0.25) is 14.4 Å². The van der Waals surface area contributed by atoms with E-state index in [1.165, 1.54) is 4.90 Å². The third-order valence-corrected chi connectivity index (χ3v) is 6.86. The second kappa shape index (κ2) is 12.3. The van der Waals surface area contributed by atoms with Gasteiger partial charge in [-0.2, -0.15) is 11.8 Å². The first kappa shape index (κ1) is 25.5. The SMILES string of the molecule is CCC(C)C(NC(=O)C1CCCN1C(=O)C(CCSC)NC(=O)C1CCCN1)C(=O)O. The molecule has 2 saturated heterocycles. The fraction of sp³-hybridized carbons (Fsp3) is 0.810. The molecule has 2 heterocycles. The molecule has 0 spiro atoms. The van der Waals surface area contributed by atoms with Gasteiger partial charge in [0.2, 0.25) is 17.7 Å². The lowest BCUT2D eigenvalue weighted by atomic mass is 9.98. The first-order chi connectivity index (χ1) is 14.8. The van der Waals surface area contributed by atoms with Crippen molar-refractivity contribution in [3.05, 3.63) is 0 Å². The van der Waals surface area contributed by atoms with Crippen molar-refractivity contribution < 1.29 is 24.3 Å². The van der Waals surface area contributed by atoms with Crippen LogP contribution >= 0.6 is 11.8 Å². The normalized spacial score (nSPS) is 23.8. The molecule has 5 unspecified atom stereocenters. The highest BCUT2D eigenvalue weighted by Gasteiger charge is 2.39. The fourth-order valence-corrected chi connectivity index (χ4v) is 4.58. The van der Waals surface area contributed by atoms with Gasteiger partial charge >= 0.3 is 5.97 Å². The minimum Gasteiger partial charge on any atom is -0.480 e. The van der Waals surface area contributed by atoms with Crippen molar-refractivity contribution in [2.75, 3.05) is 25.1 Å². The molecule has 2 rings (SSSR count). The van der Waals surface area contributed by atoms with Crippen molar-refractivity contribution in [1.82, 2.24) is 20.9 Å². The van der Waals surface area contributed by atoms with Gasteiger partial charge in [0.15, 0.2) is 0 Å². The number of carboxylic acid groups (broad SMARTS) is 1. The third kappa shape index (κ3) is 6.83. The number of aliphatic carboxylic acids is 1. The minimum absolute atomic E-state index is 0.181. The van der Waals surface area contributed by atoms with E-state index >= 15 is 0 Å². The minimum atomic E-state index is -1.08. The number of nitrogens with one attached hydrogen (secondary N) is 3. The molecule has 0 radical (unpaired) electrons. The summed E-state index contributed by atoms with van der Waals surface area (Å²) >= 11 is 1.59. The maximum atomic E-state index is 13.3. The Balaban J connectivity index is 2.08. The maximum absolute atomic E-state index is 13.3. The van der Waals surface area contributed by atoms with Crippen molar-refractivity contribution in [1.29, 1.82) is 0 Å². The summed E-state index contributed by atoms with van der Waals surface area (Å²) < 4.78 is 0. The van der Waals surface area contributed by atoms with E-state index in [1.807, 2.05) is 13.2 Å². The van der Waals surface area contributed by atoms with Gasteiger partial charge in [-0.25, -0.2) is 4.79 Å². The zero-order chi connectivity index (χ0) is 23.0. The van der Waals surface area contributed by atoms with Crippen LogP contribution in [0.4, 0.5) is 0 Å². The Hall–Kier alpha value is -1.81. The number of carboxylic acids is 1. The Morgan fingerprint density at radius 1 is 1.16 bits per heavy atom.